The Morgan fingerprint density at radius 1 is 1.17 bits per heavy atom. The molecule has 0 heterocycles. The Labute approximate surface area is 184 Å². The largest absolute Gasteiger partial charge is 0.454 e. The number of thioether (sulfide) groups is 1. The van der Waals surface area contributed by atoms with Gasteiger partial charge in [0.1, 0.15) is 6.07 Å². The topological polar surface area (TPSA) is 96.3 Å². The second-order valence-corrected chi connectivity index (χ2v) is 8.81. The molecule has 0 atom stereocenters. The molecule has 0 aromatic heterocycles. The summed E-state index contributed by atoms with van der Waals surface area (Å²) in [6.45, 7) is 4.97. The van der Waals surface area contributed by atoms with Gasteiger partial charge < -0.3 is 10.1 Å². The summed E-state index contributed by atoms with van der Waals surface area (Å²) in [6.07, 6.45) is 0. The fourth-order valence-electron chi connectivity index (χ4n) is 2.21. The van der Waals surface area contributed by atoms with Crippen molar-refractivity contribution in [3.8, 4) is 6.07 Å². The van der Waals surface area contributed by atoms with Crippen LogP contribution in [0.3, 0.4) is 0 Å². The number of halogens is 1. The summed E-state index contributed by atoms with van der Waals surface area (Å²) in [7, 11) is 0. The molecule has 1 N–H and O–H groups in total. The highest BCUT2D eigenvalue weighted by molar-refractivity contribution is 8.00. The lowest BCUT2D eigenvalue weighted by atomic mass is 9.91. The third-order valence-corrected chi connectivity index (χ3v) is 5.40. The number of nitrogens with zero attached hydrogens (tertiary/aromatic N) is 1. The highest BCUT2D eigenvalue weighted by Gasteiger charge is 2.23. The van der Waals surface area contributed by atoms with Crippen LogP contribution in [0.2, 0.25) is 5.02 Å². The first-order chi connectivity index (χ1) is 14.1. The van der Waals surface area contributed by atoms with E-state index in [1.165, 1.54) is 23.9 Å². The van der Waals surface area contributed by atoms with E-state index in [1.807, 2.05) is 6.07 Å². The van der Waals surface area contributed by atoms with Gasteiger partial charge in [0.2, 0.25) is 5.91 Å². The van der Waals surface area contributed by atoms with Gasteiger partial charge in [0.05, 0.1) is 21.9 Å². The average Bonchev–Trinajstić information content (AvgIpc) is 2.70. The SMILES string of the molecule is CC(C)(C)C(=O)COC(=O)c1ccccc1SCC(=O)Nc1ccc(C#N)c(Cl)c1. The van der Waals surface area contributed by atoms with Gasteiger partial charge >= 0.3 is 5.97 Å². The lowest BCUT2D eigenvalue weighted by Gasteiger charge is -2.16. The summed E-state index contributed by atoms with van der Waals surface area (Å²) in [5.74, 6) is -1.05. The molecule has 0 saturated carbocycles. The first-order valence-electron chi connectivity index (χ1n) is 9.03. The van der Waals surface area contributed by atoms with Crippen molar-refractivity contribution >= 4 is 46.7 Å². The van der Waals surface area contributed by atoms with Gasteiger partial charge in [0.15, 0.2) is 12.4 Å². The molecule has 2 aromatic carbocycles. The Morgan fingerprint density at radius 3 is 2.50 bits per heavy atom. The molecule has 0 fully saturated rings. The summed E-state index contributed by atoms with van der Waals surface area (Å²) >= 11 is 7.14. The minimum Gasteiger partial charge on any atom is -0.454 e. The number of ether oxygens (including phenoxy) is 1. The second-order valence-electron chi connectivity index (χ2n) is 7.39. The van der Waals surface area contributed by atoms with Crippen LogP contribution in [0, 0.1) is 16.7 Å². The number of carbonyl (C=O) groups excluding carboxylic acids is 3. The zero-order valence-corrected chi connectivity index (χ0v) is 18.4. The fraction of sp³-hybridized carbons (Fsp3) is 0.273. The van der Waals surface area contributed by atoms with E-state index in [4.69, 9.17) is 21.6 Å². The molecule has 0 aliphatic rings. The van der Waals surface area contributed by atoms with Crippen molar-refractivity contribution in [1.29, 1.82) is 5.26 Å². The molecular formula is C22H21ClN2O4S. The zero-order chi connectivity index (χ0) is 22.3. The maximum Gasteiger partial charge on any atom is 0.339 e. The van der Waals surface area contributed by atoms with Gasteiger partial charge in [-0.05, 0) is 30.3 Å². The van der Waals surface area contributed by atoms with Gasteiger partial charge in [0.25, 0.3) is 0 Å². The standard InChI is InChI=1S/C22H21ClN2O4S/c1-22(2,3)19(26)12-29-21(28)16-6-4-5-7-18(16)30-13-20(27)25-15-9-8-14(11-24)17(23)10-15/h4-10H,12-13H2,1-3H3,(H,25,27). The number of Topliss-reactive ketones (excluding diaryl/α,β-unsaturated/α-hetero) is 1. The van der Waals surface area contributed by atoms with Crippen molar-refractivity contribution in [3.63, 3.8) is 0 Å². The minimum absolute atomic E-state index is 0.0445. The molecule has 0 unspecified atom stereocenters. The number of carbonyl (C=O) groups is 3. The molecule has 30 heavy (non-hydrogen) atoms. The first kappa shape index (κ1) is 23.5. The van der Waals surface area contributed by atoms with Crippen LogP contribution in [0.5, 0.6) is 0 Å². The van der Waals surface area contributed by atoms with Crippen molar-refractivity contribution in [2.45, 2.75) is 25.7 Å². The van der Waals surface area contributed by atoms with E-state index in [-0.39, 0.29) is 29.1 Å². The highest BCUT2D eigenvalue weighted by atomic mass is 35.5. The molecule has 0 aliphatic carbocycles. The van der Waals surface area contributed by atoms with E-state index in [9.17, 15) is 14.4 Å². The molecule has 156 valence electrons. The van der Waals surface area contributed by atoms with Crippen LogP contribution in [-0.4, -0.2) is 30.0 Å². The maximum atomic E-state index is 12.4. The van der Waals surface area contributed by atoms with E-state index < -0.39 is 11.4 Å². The van der Waals surface area contributed by atoms with Gasteiger partial charge in [-0.1, -0.05) is 44.5 Å². The molecule has 2 rings (SSSR count). The molecule has 0 spiro atoms. The molecule has 0 radical (unpaired) electrons. The fourth-order valence-corrected chi connectivity index (χ4v) is 3.27. The second kappa shape index (κ2) is 10.3. The number of hydrogen-bond donors (Lipinski definition) is 1. The lowest BCUT2D eigenvalue weighted by Crippen LogP contribution is -2.26. The van der Waals surface area contributed by atoms with Crippen LogP contribution in [0.25, 0.3) is 0 Å². The van der Waals surface area contributed by atoms with Crippen molar-refractivity contribution in [3.05, 3.63) is 58.6 Å². The van der Waals surface area contributed by atoms with Crippen LogP contribution in [0.15, 0.2) is 47.4 Å². The average molecular weight is 445 g/mol. The van der Waals surface area contributed by atoms with Crippen LogP contribution in [0.4, 0.5) is 5.69 Å². The van der Waals surface area contributed by atoms with Gasteiger partial charge in [0, 0.05) is 16.0 Å². The van der Waals surface area contributed by atoms with Crippen LogP contribution >= 0.6 is 23.4 Å². The highest BCUT2D eigenvalue weighted by Crippen LogP contribution is 2.25. The van der Waals surface area contributed by atoms with E-state index in [1.54, 1.807) is 51.1 Å². The Morgan fingerprint density at radius 2 is 1.87 bits per heavy atom. The molecule has 8 heteroatoms. The summed E-state index contributed by atoms with van der Waals surface area (Å²) in [5.41, 5.74) is 0.485. The Balaban J connectivity index is 1.98. The van der Waals surface area contributed by atoms with E-state index in [0.717, 1.165) is 0 Å². The molecule has 0 saturated heterocycles. The van der Waals surface area contributed by atoms with E-state index >= 15 is 0 Å². The van der Waals surface area contributed by atoms with Crippen LogP contribution < -0.4 is 5.32 Å². The van der Waals surface area contributed by atoms with Crippen molar-refractivity contribution in [2.75, 3.05) is 17.7 Å². The minimum atomic E-state index is -0.616. The van der Waals surface area contributed by atoms with Gasteiger partial charge in [-0.15, -0.1) is 11.8 Å². The number of rotatable bonds is 7. The molecule has 2 aromatic rings. The van der Waals surface area contributed by atoms with Crippen LogP contribution in [0.1, 0.15) is 36.7 Å². The third kappa shape index (κ3) is 6.61. The van der Waals surface area contributed by atoms with Gasteiger partial charge in [-0.25, -0.2) is 4.79 Å². The molecular weight excluding hydrogens is 424 g/mol. The number of esters is 1. The number of hydrogen-bond acceptors (Lipinski definition) is 6. The van der Waals surface area contributed by atoms with Gasteiger partial charge in [-0.2, -0.15) is 5.26 Å². The summed E-state index contributed by atoms with van der Waals surface area (Å²) < 4.78 is 5.15. The quantitative estimate of drug-likeness (QED) is 0.490. The van der Waals surface area contributed by atoms with Crippen LogP contribution in [-0.2, 0) is 14.3 Å². The Bertz CT molecular complexity index is 1010. The Hall–Kier alpha value is -2.82. The molecule has 6 nitrogen and oxygen atoms in total. The molecule has 0 bridgehead atoms. The van der Waals surface area contributed by atoms with E-state index in [2.05, 4.69) is 5.32 Å². The summed E-state index contributed by atoms with van der Waals surface area (Å²) in [6, 6.07) is 13.3. The van der Waals surface area contributed by atoms with Gasteiger partial charge in [-0.3, -0.25) is 9.59 Å². The zero-order valence-electron chi connectivity index (χ0n) is 16.8. The number of nitrogens with one attached hydrogen (secondary N) is 1. The predicted octanol–water partition coefficient (Wildman–Crippen LogP) is 4.71. The van der Waals surface area contributed by atoms with Crippen molar-refractivity contribution in [2.24, 2.45) is 5.41 Å². The number of nitriles is 1. The number of anilines is 1. The number of benzene rings is 2. The summed E-state index contributed by atoms with van der Waals surface area (Å²) in [4.78, 5) is 37.2. The number of amides is 1. The monoisotopic (exact) mass is 444 g/mol. The van der Waals surface area contributed by atoms with Crippen molar-refractivity contribution < 1.29 is 19.1 Å². The summed E-state index contributed by atoms with van der Waals surface area (Å²) in [5, 5.41) is 11.8. The third-order valence-electron chi connectivity index (χ3n) is 4.01. The molecule has 1 amide bonds. The predicted molar refractivity (Wildman–Crippen MR) is 117 cm³/mol. The number of ketones is 1. The normalized spacial score (nSPS) is 10.8. The smallest absolute Gasteiger partial charge is 0.339 e. The first-order valence-corrected chi connectivity index (χ1v) is 10.4. The Kier molecular flexibility index (Phi) is 8.04. The lowest BCUT2D eigenvalue weighted by molar-refractivity contribution is -0.129. The van der Waals surface area contributed by atoms with Crippen molar-refractivity contribution in [1.82, 2.24) is 0 Å². The maximum absolute atomic E-state index is 12.4. The molecule has 0 aliphatic heterocycles. The van der Waals surface area contributed by atoms with E-state index in [0.29, 0.717) is 21.7 Å².